The number of hydrogen-bond donors (Lipinski definition) is 3. The number of hydrogen-bond acceptors (Lipinski definition) is 6. The van der Waals surface area contributed by atoms with Gasteiger partial charge in [0.1, 0.15) is 11.8 Å². The molecule has 10 nitrogen and oxygen atoms in total. The van der Waals surface area contributed by atoms with Gasteiger partial charge >= 0.3 is 0 Å². The maximum atomic E-state index is 13.7. The number of aromatic amines is 1. The Bertz CT molecular complexity index is 1680. The Hall–Kier alpha value is -4.25. The average molecular weight is 550 g/mol. The lowest BCUT2D eigenvalue weighted by molar-refractivity contribution is 0.100. The number of benzene rings is 2. The largest absolute Gasteiger partial charge is 0.370 e. The summed E-state index contributed by atoms with van der Waals surface area (Å²) >= 11 is 12.5. The number of carbonyl (C=O) groups is 2. The van der Waals surface area contributed by atoms with Crippen molar-refractivity contribution in [1.82, 2.24) is 25.0 Å². The van der Waals surface area contributed by atoms with Crippen LogP contribution in [0.2, 0.25) is 10.0 Å². The van der Waals surface area contributed by atoms with E-state index in [2.05, 4.69) is 25.6 Å². The molecule has 192 valence electrons. The molecule has 1 atom stereocenters. The van der Waals surface area contributed by atoms with Gasteiger partial charge < -0.3 is 15.8 Å². The van der Waals surface area contributed by atoms with Gasteiger partial charge in [0.15, 0.2) is 5.82 Å². The number of carbonyl (C=O) groups excluding carboxylic acids is 2. The first kappa shape index (κ1) is 25.4. The van der Waals surface area contributed by atoms with E-state index in [4.69, 9.17) is 33.7 Å². The van der Waals surface area contributed by atoms with Crippen LogP contribution in [0.3, 0.4) is 0 Å². The molecule has 0 aliphatic rings. The zero-order chi connectivity index (χ0) is 27.0. The Morgan fingerprint density at radius 2 is 1.92 bits per heavy atom. The number of methoxy groups -OCH3 is 1. The van der Waals surface area contributed by atoms with Crippen molar-refractivity contribution in [1.29, 1.82) is 0 Å². The summed E-state index contributed by atoms with van der Waals surface area (Å²) in [4.78, 5) is 30.5. The van der Waals surface area contributed by atoms with E-state index in [9.17, 15) is 9.59 Å². The van der Waals surface area contributed by atoms with E-state index in [1.54, 1.807) is 55.7 Å². The fourth-order valence-corrected chi connectivity index (χ4v) is 4.59. The standard InChI is InChI=1S/C26H21Cl2N7O3/c1-13-10-15-12-31-33-22(15)20(24(29)36)21(13)32-26(37)19-11-18(23(38-2)14-5-7-16(27)8-6-14)34-35(19)25-17(28)4-3-9-30-25/h3-12,23H,1-2H3,(H2,29,36)(H,31,33)(H,32,37). The Balaban J connectivity index is 1.63. The molecule has 1 unspecified atom stereocenters. The summed E-state index contributed by atoms with van der Waals surface area (Å²) in [6, 6.07) is 13.8. The van der Waals surface area contributed by atoms with Crippen LogP contribution in [0.25, 0.3) is 16.7 Å². The maximum absolute atomic E-state index is 13.7. The molecule has 12 heteroatoms. The number of amides is 2. The number of aromatic nitrogens is 5. The van der Waals surface area contributed by atoms with Crippen LogP contribution in [0.1, 0.15) is 43.8 Å². The van der Waals surface area contributed by atoms with Gasteiger partial charge in [-0.25, -0.2) is 9.67 Å². The molecule has 0 radical (unpaired) electrons. The number of primary amides is 1. The summed E-state index contributed by atoms with van der Waals surface area (Å²) in [5.41, 5.74) is 8.41. The third-order valence-electron chi connectivity index (χ3n) is 6.00. The van der Waals surface area contributed by atoms with Crippen LogP contribution in [0.4, 0.5) is 5.69 Å². The van der Waals surface area contributed by atoms with Crippen molar-refractivity contribution in [3.05, 3.63) is 99.0 Å². The second-order valence-corrected chi connectivity index (χ2v) is 9.28. The molecule has 5 aromatic rings. The van der Waals surface area contributed by atoms with Gasteiger partial charge in [-0.15, -0.1) is 0 Å². The predicted molar refractivity (Wildman–Crippen MR) is 144 cm³/mol. The summed E-state index contributed by atoms with van der Waals surface area (Å²) in [5.74, 6) is -1.05. The highest BCUT2D eigenvalue weighted by molar-refractivity contribution is 6.32. The molecule has 0 saturated carbocycles. The Kier molecular flexibility index (Phi) is 6.85. The Labute approximate surface area is 226 Å². The monoisotopic (exact) mass is 549 g/mol. The van der Waals surface area contributed by atoms with E-state index in [0.717, 1.165) is 5.56 Å². The number of pyridine rings is 1. The van der Waals surface area contributed by atoms with Crippen LogP contribution < -0.4 is 11.1 Å². The number of aryl methyl sites for hydroxylation is 1. The number of nitrogens with zero attached hydrogens (tertiary/aromatic N) is 4. The molecule has 0 aliphatic heterocycles. The predicted octanol–water partition coefficient (Wildman–Crippen LogP) is 4.85. The highest BCUT2D eigenvalue weighted by atomic mass is 35.5. The smallest absolute Gasteiger partial charge is 0.274 e. The van der Waals surface area contributed by atoms with Gasteiger partial charge in [0.2, 0.25) is 0 Å². The molecule has 0 bridgehead atoms. The number of nitrogens with one attached hydrogen (secondary N) is 2. The number of ether oxygens (including phenoxy) is 1. The Morgan fingerprint density at radius 1 is 1.16 bits per heavy atom. The summed E-state index contributed by atoms with van der Waals surface area (Å²) in [5, 5.41) is 15.8. The van der Waals surface area contributed by atoms with E-state index >= 15 is 0 Å². The number of H-pyrrole nitrogens is 1. The molecule has 2 amide bonds. The lowest BCUT2D eigenvalue weighted by Gasteiger charge is -2.14. The zero-order valence-corrected chi connectivity index (χ0v) is 21.7. The number of anilines is 1. The number of nitrogens with two attached hydrogens (primary N) is 1. The molecule has 2 aromatic carbocycles. The van der Waals surface area contributed by atoms with Crippen LogP contribution in [0.15, 0.2) is 60.9 Å². The van der Waals surface area contributed by atoms with Crippen molar-refractivity contribution < 1.29 is 14.3 Å². The molecular weight excluding hydrogens is 529 g/mol. The second kappa shape index (κ2) is 10.3. The fourth-order valence-electron chi connectivity index (χ4n) is 4.27. The van der Waals surface area contributed by atoms with Gasteiger partial charge in [-0.2, -0.15) is 10.2 Å². The number of halogens is 2. The minimum atomic E-state index is -0.720. The van der Waals surface area contributed by atoms with Gasteiger partial charge in [0, 0.05) is 23.7 Å². The zero-order valence-electron chi connectivity index (χ0n) is 20.2. The van der Waals surface area contributed by atoms with Crippen LogP contribution in [0.5, 0.6) is 0 Å². The summed E-state index contributed by atoms with van der Waals surface area (Å²) in [7, 11) is 1.54. The molecule has 5 rings (SSSR count). The van der Waals surface area contributed by atoms with Gasteiger partial charge in [-0.05, 0) is 54.4 Å². The summed E-state index contributed by atoms with van der Waals surface area (Å²) in [6.07, 6.45) is 2.50. The molecule has 0 spiro atoms. The van der Waals surface area contributed by atoms with Gasteiger partial charge in [-0.1, -0.05) is 35.3 Å². The summed E-state index contributed by atoms with van der Waals surface area (Å²) in [6.45, 7) is 1.76. The normalized spacial score (nSPS) is 12.0. The lowest BCUT2D eigenvalue weighted by atomic mass is 10.0. The van der Waals surface area contributed by atoms with Crippen molar-refractivity contribution in [2.45, 2.75) is 13.0 Å². The number of rotatable bonds is 7. The third-order valence-corrected chi connectivity index (χ3v) is 6.54. The van der Waals surface area contributed by atoms with Crippen molar-refractivity contribution in [2.24, 2.45) is 5.73 Å². The van der Waals surface area contributed by atoms with Crippen LogP contribution >= 0.6 is 23.2 Å². The molecular formula is C26H21Cl2N7O3. The van der Waals surface area contributed by atoms with Crippen molar-refractivity contribution in [3.63, 3.8) is 0 Å². The molecule has 3 aromatic heterocycles. The molecule has 3 heterocycles. The molecule has 38 heavy (non-hydrogen) atoms. The van der Waals surface area contributed by atoms with E-state index in [0.29, 0.717) is 27.2 Å². The van der Waals surface area contributed by atoms with Crippen molar-refractivity contribution in [2.75, 3.05) is 12.4 Å². The quantitative estimate of drug-likeness (QED) is 0.265. The van der Waals surface area contributed by atoms with E-state index in [1.807, 2.05) is 12.1 Å². The SMILES string of the molecule is COC(c1ccc(Cl)cc1)c1cc(C(=O)Nc2c(C)cc3cn[nH]c3c2C(N)=O)n(-c2ncccc2Cl)n1. The summed E-state index contributed by atoms with van der Waals surface area (Å²) < 4.78 is 7.06. The van der Waals surface area contributed by atoms with Crippen LogP contribution in [0, 0.1) is 6.92 Å². The van der Waals surface area contributed by atoms with Crippen LogP contribution in [-0.4, -0.2) is 43.9 Å². The Morgan fingerprint density at radius 3 is 2.61 bits per heavy atom. The lowest BCUT2D eigenvalue weighted by Crippen LogP contribution is -2.22. The topological polar surface area (TPSA) is 141 Å². The maximum Gasteiger partial charge on any atom is 0.274 e. The third kappa shape index (κ3) is 4.60. The van der Waals surface area contributed by atoms with Gasteiger partial charge in [-0.3, -0.25) is 14.7 Å². The highest BCUT2D eigenvalue weighted by Crippen LogP contribution is 2.31. The van der Waals surface area contributed by atoms with E-state index in [1.165, 1.54) is 11.8 Å². The molecule has 4 N–H and O–H groups in total. The highest BCUT2D eigenvalue weighted by Gasteiger charge is 2.26. The fraction of sp³-hybridized carbons (Fsp3) is 0.115. The first-order valence-electron chi connectivity index (χ1n) is 11.4. The first-order valence-corrected chi connectivity index (χ1v) is 12.1. The minimum Gasteiger partial charge on any atom is -0.370 e. The van der Waals surface area contributed by atoms with Gasteiger partial charge in [0.05, 0.1) is 33.7 Å². The van der Waals surface area contributed by atoms with Gasteiger partial charge in [0.25, 0.3) is 11.8 Å². The van der Waals surface area contributed by atoms with E-state index < -0.39 is 17.9 Å². The first-order chi connectivity index (χ1) is 18.3. The number of fused-ring (bicyclic) bond motifs is 1. The van der Waals surface area contributed by atoms with E-state index in [-0.39, 0.29) is 27.8 Å². The second-order valence-electron chi connectivity index (χ2n) is 8.44. The van der Waals surface area contributed by atoms with Crippen LogP contribution in [-0.2, 0) is 4.74 Å². The van der Waals surface area contributed by atoms with Crippen molar-refractivity contribution >= 4 is 51.6 Å². The molecule has 0 saturated heterocycles. The van der Waals surface area contributed by atoms with Crippen molar-refractivity contribution in [3.8, 4) is 5.82 Å². The minimum absolute atomic E-state index is 0.108. The average Bonchev–Trinajstić information content (AvgIpc) is 3.53. The molecule has 0 aliphatic carbocycles. The molecule has 0 fully saturated rings.